The molecule has 0 unspecified atom stereocenters. The highest BCUT2D eigenvalue weighted by Gasteiger charge is 2.10. The number of nitrogens with zero attached hydrogens (tertiary/aromatic N) is 1. The molecule has 0 aliphatic heterocycles. The second kappa shape index (κ2) is 5.30. The van der Waals surface area contributed by atoms with Crippen LogP contribution in [0, 0.1) is 6.92 Å². The van der Waals surface area contributed by atoms with Gasteiger partial charge in [-0.25, -0.2) is 4.79 Å². The third-order valence-electron chi connectivity index (χ3n) is 2.52. The minimum absolute atomic E-state index is 0.0168. The van der Waals surface area contributed by atoms with Crippen LogP contribution in [0.5, 0.6) is 0 Å². The van der Waals surface area contributed by atoms with Crippen molar-refractivity contribution >= 4 is 17.6 Å². The van der Waals surface area contributed by atoms with Gasteiger partial charge in [-0.3, -0.25) is 9.78 Å². The fourth-order valence-electron chi connectivity index (χ4n) is 1.61. The minimum Gasteiger partial charge on any atom is -0.478 e. The molecule has 1 amide bonds. The maximum Gasteiger partial charge on any atom is 0.337 e. The molecular weight excluding hydrogens is 244 g/mol. The fraction of sp³-hybridized carbons (Fsp3) is 0.0714. The third-order valence-corrected chi connectivity index (χ3v) is 2.52. The number of nitrogens with one attached hydrogen (secondary N) is 1. The van der Waals surface area contributed by atoms with Crippen LogP contribution in [0.1, 0.15) is 26.3 Å². The van der Waals surface area contributed by atoms with E-state index in [9.17, 15) is 9.59 Å². The summed E-state index contributed by atoms with van der Waals surface area (Å²) in [6, 6.07) is 8.63. The summed E-state index contributed by atoms with van der Waals surface area (Å²) in [5, 5.41) is 11.5. The van der Waals surface area contributed by atoms with Crippen LogP contribution < -0.4 is 5.32 Å². The molecule has 0 saturated carbocycles. The Morgan fingerprint density at radius 2 is 1.89 bits per heavy atom. The number of amides is 1. The predicted octanol–water partition coefficient (Wildman–Crippen LogP) is 2.34. The van der Waals surface area contributed by atoms with Crippen LogP contribution >= 0.6 is 0 Å². The summed E-state index contributed by atoms with van der Waals surface area (Å²) in [4.78, 5) is 26.5. The normalized spacial score (nSPS) is 9.95. The molecule has 0 saturated heterocycles. The highest BCUT2D eigenvalue weighted by Crippen LogP contribution is 2.12. The molecule has 96 valence electrons. The Morgan fingerprint density at radius 3 is 2.58 bits per heavy atom. The average molecular weight is 256 g/mol. The molecule has 0 spiro atoms. The maximum absolute atomic E-state index is 12.0. The zero-order valence-electron chi connectivity index (χ0n) is 10.3. The third kappa shape index (κ3) is 3.16. The van der Waals surface area contributed by atoms with Crippen LogP contribution in [0.2, 0.25) is 0 Å². The van der Waals surface area contributed by atoms with Crippen molar-refractivity contribution in [2.24, 2.45) is 0 Å². The summed E-state index contributed by atoms with van der Waals surface area (Å²) in [7, 11) is 0. The first-order valence-corrected chi connectivity index (χ1v) is 5.62. The van der Waals surface area contributed by atoms with Crippen molar-refractivity contribution in [1.29, 1.82) is 0 Å². The molecule has 0 radical (unpaired) electrons. The van der Waals surface area contributed by atoms with Gasteiger partial charge in [-0.2, -0.15) is 0 Å². The number of pyridine rings is 1. The van der Waals surface area contributed by atoms with E-state index in [1.54, 1.807) is 6.07 Å². The van der Waals surface area contributed by atoms with Gasteiger partial charge in [-0.05, 0) is 30.7 Å². The van der Waals surface area contributed by atoms with Crippen LogP contribution in [-0.2, 0) is 0 Å². The van der Waals surface area contributed by atoms with E-state index in [2.05, 4.69) is 10.3 Å². The summed E-state index contributed by atoms with van der Waals surface area (Å²) in [6.07, 6.45) is 2.53. The van der Waals surface area contributed by atoms with Crippen molar-refractivity contribution < 1.29 is 14.7 Å². The number of hydrogen-bond donors (Lipinski definition) is 2. The number of benzene rings is 1. The van der Waals surface area contributed by atoms with Gasteiger partial charge in [0.2, 0.25) is 0 Å². The summed E-state index contributed by atoms with van der Waals surface area (Å²) >= 11 is 0. The Labute approximate surface area is 109 Å². The number of hydrogen-bond acceptors (Lipinski definition) is 3. The summed E-state index contributed by atoms with van der Waals surface area (Å²) in [6.45, 7) is 1.92. The number of aryl methyl sites for hydroxylation is 1. The molecule has 0 bridgehead atoms. The van der Waals surface area contributed by atoms with Crippen LogP contribution in [-0.4, -0.2) is 22.0 Å². The number of carboxylic acid groups (broad SMARTS) is 1. The second-order valence-corrected chi connectivity index (χ2v) is 4.09. The van der Waals surface area contributed by atoms with E-state index in [0.29, 0.717) is 5.69 Å². The first-order chi connectivity index (χ1) is 9.06. The lowest BCUT2D eigenvalue weighted by molar-refractivity contribution is 0.0696. The summed E-state index contributed by atoms with van der Waals surface area (Å²) in [5.74, 6) is -1.50. The van der Waals surface area contributed by atoms with E-state index in [1.807, 2.05) is 25.1 Å². The largest absolute Gasteiger partial charge is 0.478 e. The average Bonchev–Trinajstić information content (AvgIpc) is 2.39. The Bertz CT molecular complexity index is 638. The monoisotopic (exact) mass is 256 g/mol. The van der Waals surface area contributed by atoms with Gasteiger partial charge in [-0.15, -0.1) is 0 Å². The molecule has 1 heterocycles. The quantitative estimate of drug-likeness (QED) is 0.883. The predicted molar refractivity (Wildman–Crippen MR) is 70.3 cm³/mol. The number of aromatic carboxylic acids is 1. The van der Waals surface area contributed by atoms with E-state index < -0.39 is 5.97 Å². The van der Waals surface area contributed by atoms with Gasteiger partial charge in [0.25, 0.3) is 5.91 Å². The fourth-order valence-corrected chi connectivity index (χ4v) is 1.61. The molecule has 19 heavy (non-hydrogen) atoms. The lowest BCUT2D eigenvalue weighted by Crippen LogP contribution is -2.13. The van der Waals surface area contributed by atoms with Crippen molar-refractivity contribution in [2.45, 2.75) is 6.92 Å². The van der Waals surface area contributed by atoms with Crippen molar-refractivity contribution in [3.05, 3.63) is 59.4 Å². The Morgan fingerprint density at radius 1 is 1.16 bits per heavy atom. The van der Waals surface area contributed by atoms with Crippen molar-refractivity contribution in [3.63, 3.8) is 0 Å². The molecule has 0 fully saturated rings. The van der Waals surface area contributed by atoms with Crippen LogP contribution in [0.3, 0.4) is 0 Å². The molecular formula is C14H12N2O3. The van der Waals surface area contributed by atoms with E-state index in [0.717, 1.165) is 5.56 Å². The number of anilines is 1. The Kier molecular flexibility index (Phi) is 3.56. The van der Waals surface area contributed by atoms with E-state index in [1.165, 1.54) is 18.5 Å². The van der Waals surface area contributed by atoms with Gasteiger partial charge in [0.1, 0.15) is 0 Å². The molecule has 5 nitrogen and oxygen atoms in total. The highest BCUT2D eigenvalue weighted by atomic mass is 16.4. The van der Waals surface area contributed by atoms with Crippen LogP contribution in [0.4, 0.5) is 5.69 Å². The molecule has 1 aromatic carbocycles. The highest BCUT2D eigenvalue weighted by molar-refractivity contribution is 6.05. The van der Waals surface area contributed by atoms with E-state index in [-0.39, 0.29) is 17.0 Å². The molecule has 2 aromatic rings. The van der Waals surface area contributed by atoms with Gasteiger partial charge < -0.3 is 10.4 Å². The van der Waals surface area contributed by atoms with Gasteiger partial charge >= 0.3 is 5.97 Å². The van der Waals surface area contributed by atoms with Crippen molar-refractivity contribution in [3.8, 4) is 0 Å². The van der Waals surface area contributed by atoms with Gasteiger partial charge in [0.15, 0.2) is 0 Å². The van der Waals surface area contributed by atoms with Gasteiger partial charge in [0, 0.05) is 18.1 Å². The standard InChI is InChI=1S/C14H12N2O3/c1-9-3-2-4-12(5-9)16-13(17)10-6-11(14(18)19)8-15-7-10/h2-8H,1H3,(H,16,17)(H,18,19). The van der Waals surface area contributed by atoms with Crippen molar-refractivity contribution in [2.75, 3.05) is 5.32 Å². The smallest absolute Gasteiger partial charge is 0.337 e. The van der Waals surface area contributed by atoms with Crippen LogP contribution in [0.25, 0.3) is 0 Å². The SMILES string of the molecule is Cc1cccc(NC(=O)c2cncc(C(=O)O)c2)c1. The molecule has 0 aliphatic rings. The van der Waals surface area contributed by atoms with E-state index in [4.69, 9.17) is 5.11 Å². The number of rotatable bonds is 3. The molecule has 0 atom stereocenters. The van der Waals surface area contributed by atoms with Crippen LogP contribution in [0.15, 0.2) is 42.7 Å². The van der Waals surface area contributed by atoms with Gasteiger partial charge in [-0.1, -0.05) is 12.1 Å². The minimum atomic E-state index is -1.11. The number of carbonyl (C=O) groups excluding carboxylic acids is 1. The molecule has 0 aliphatic carbocycles. The molecule has 2 N–H and O–H groups in total. The number of carbonyl (C=O) groups is 2. The number of carboxylic acids is 1. The topological polar surface area (TPSA) is 79.3 Å². The first-order valence-electron chi connectivity index (χ1n) is 5.62. The van der Waals surface area contributed by atoms with E-state index >= 15 is 0 Å². The number of aromatic nitrogens is 1. The summed E-state index contributed by atoms with van der Waals surface area (Å²) in [5.41, 5.74) is 1.87. The van der Waals surface area contributed by atoms with Gasteiger partial charge in [0.05, 0.1) is 11.1 Å². The van der Waals surface area contributed by atoms with Crippen molar-refractivity contribution in [1.82, 2.24) is 4.98 Å². The molecule has 1 aromatic heterocycles. The maximum atomic E-state index is 12.0. The first kappa shape index (κ1) is 12.8. The Hall–Kier alpha value is -2.69. The zero-order valence-corrected chi connectivity index (χ0v) is 10.3. The second-order valence-electron chi connectivity index (χ2n) is 4.09. The molecule has 5 heteroatoms. The Balaban J connectivity index is 2.20. The lowest BCUT2D eigenvalue weighted by Gasteiger charge is -2.06. The lowest BCUT2D eigenvalue weighted by atomic mass is 10.2. The summed E-state index contributed by atoms with van der Waals surface area (Å²) < 4.78 is 0. The zero-order chi connectivity index (χ0) is 13.8. The molecule has 2 rings (SSSR count).